The van der Waals surface area contributed by atoms with Crippen LogP contribution in [-0.4, -0.2) is 23.1 Å². The number of aromatic nitrogens is 2. The number of nitrogens with zero attached hydrogens (tertiary/aromatic N) is 2. The van der Waals surface area contributed by atoms with Crippen LogP contribution in [0.1, 0.15) is 65.5 Å². The Morgan fingerprint density at radius 2 is 1.68 bits per heavy atom. The van der Waals surface area contributed by atoms with E-state index in [0.29, 0.717) is 18.9 Å². The second-order valence-corrected chi connectivity index (χ2v) is 9.94. The molecule has 7 heteroatoms. The summed E-state index contributed by atoms with van der Waals surface area (Å²) in [5.41, 5.74) is 7.26. The van der Waals surface area contributed by atoms with E-state index in [0.717, 1.165) is 36.2 Å². The van der Waals surface area contributed by atoms with Crippen molar-refractivity contribution in [2.45, 2.75) is 51.1 Å². The first kappa shape index (κ1) is 25.5. The van der Waals surface area contributed by atoms with Gasteiger partial charge in [0.1, 0.15) is 36.2 Å². The monoisotopic (exact) mass is 512 g/mol. The lowest BCUT2D eigenvalue weighted by Crippen LogP contribution is -2.47. The van der Waals surface area contributed by atoms with Crippen LogP contribution in [0.2, 0.25) is 0 Å². The number of carbonyl (C=O) groups excluding carboxylic acids is 2. The molecule has 0 aliphatic heterocycles. The molecule has 38 heavy (non-hydrogen) atoms. The van der Waals surface area contributed by atoms with Crippen LogP contribution in [0.25, 0.3) is 0 Å². The zero-order valence-corrected chi connectivity index (χ0v) is 21.9. The molecule has 7 nitrogen and oxygen atoms in total. The first-order chi connectivity index (χ1) is 18.4. The zero-order valence-electron chi connectivity index (χ0n) is 21.9. The van der Waals surface area contributed by atoms with Crippen molar-refractivity contribution in [1.29, 1.82) is 0 Å². The molecular weight excluding hydrogens is 478 g/mol. The molecule has 2 heterocycles. The maximum atomic E-state index is 13.4. The van der Waals surface area contributed by atoms with Gasteiger partial charge in [0, 0.05) is 6.92 Å². The molecule has 2 aromatic heterocycles. The predicted molar refractivity (Wildman–Crippen MR) is 142 cm³/mol. The highest BCUT2D eigenvalue weighted by molar-refractivity contribution is 5.91. The van der Waals surface area contributed by atoms with E-state index >= 15 is 0 Å². The quantitative estimate of drug-likeness (QED) is 0.260. The average molecular weight is 513 g/mol. The van der Waals surface area contributed by atoms with Gasteiger partial charge in [-0.15, -0.1) is 0 Å². The van der Waals surface area contributed by atoms with Crippen molar-refractivity contribution >= 4 is 11.9 Å². The highest BCUT2D eigenvalue weighted by Crippen LogP contribution is 2.49. The largest absolute Gasteiger partial charge is 0.460 e. The summed E-state index contributed by atoms with van der Waals surface area (Å²) in [6.07, 6.45) is 6.79. The minimum Gasteiger partial charge on any atom is -0.460 e. The van der Waals surface area contributed by atoms with Crippen LogP contribution in [0, 0.1) is 12.8 Å². The van der Waals surface area contributed by atoms with E-state index in [2.05, 4.69) is 22.3 Å². The number of benzene rings is 2. The number of hydrogen-bond acceptors (Lipinski definition) is 4. The van der Waals surface area contributed by atoms with Crippen molar-refractivity contribution in [3.63, 3.8) is 0 Å². The molecule has 0 bridgehead atoms. The molecule has 2 atom stereocenters. The van der Waals surface area contributed by atoms with E-state index in [4.69, 9.17) is 14.9 Å². The molecule has 196 valence electrons. The van der Waals surface area contributed by atoms with Crippen LogP contribution in [-0.2, 0) is 21.5 Å². The molecule has 0 spiro atoms. The average Bonchev–Trinajstić information content (AvgIpc) is 3.68. The van der Waals surface area contributed by atoms with Gasteiger partial charge in [-0.1, -0.05) is 60.7 Å². The highest BCUT2D eigenvalue weighted by Gasteiger charge is 2.51. The summed E-state index contributed by atoms with van der Waals surface area (Å²) in [6, 6.07) is 23.6. The van der Waals surface area contributed by atoms with E-state index < -0.39 is 11.4 Å². The molecular formula is C31H34N3O4+. The Labute approximate surface area is 222 Å². The Morgan fingerprint density at radius 3 is 2.29 bits per heavy atom. The minimum absolute atomic E-state index is 0.0576. The van der Waals surface area contributed by atoms with Gasteiger partial charge in [-0.25, -0.2) is 13.9 Å². The molecule has 5 rings (SSSR count). The molecule has 1 amide bonds. The number of imidazole rings is 1. The SMILES string of the molecule is CCOC(=O)c1ccc(C[n+]2ccn([C@@H]3CC[C@H](C(C(N)=O)(c4ccccc4)c4ccccc4)C3)c2C)o1. The number of hydrogen-bond donors (Lipinski definition) is 1. The zero-order chi connectivity index (χ0) is 26.7. The molecule has 1 saturated carbocycles. The summed E-state index contributed by atoms with van der Waals surface area (Å²) >= 11 is 0. The molecule has 0 radical (unpaired) electrons. The number of rotatable bonds is 9. The topological polar surface area (TPSA) is 91.3 Å². The second kappa shape index (κ2) is 10.7. The molecule has 2 N–H and O–H groups in total. The fourth-order valence-corrected chi connectivity index (χ4v) is 6.14. The van der Waals surface area contributed by atoms with Crippen LogP contribution in [0.4, 0.5) is 0 Å². The summed E-state index contributed by atoms with van der Waals surface area (Å²) in [5, 5.41) is 0. The van der Waals surface area contributed by atoms with Crippen molar-refractivity contribution in [3.8, 4) is 0 Å². The Balaban J connectivity index is 1.41. The molecule has 0 unspecified atom stereocenters. The van der Waals surface area contributed by atoms with Crippen molar-refractivity contribution in [2.24, 2.45) is 11.7 Å². The third kappa shape index (κ3) is 4.53. The molecule has 1 fully saturated rings. The van der Waals surface area contributed by atoms with Gasteiger partial charge in [-0.2, -0.15) is 0 Å². The van der Waals surface area contributed by atoms with Gasteiger partial charge in [0.2, 0.25) is 11.7 Å². The van der Waals surface area contributed by atoms with E-state index in [1.165, 1.54) is 0 Å². The summed E-state index contributed by atoms with van der Waals surface area (Å²) in [4.78, 5) is 25.3. The number of esters is 1. The Bertz CT molecular complexity index is 1370. The summed E-state index contributed by atoms with van der Waals surface area (Å²) in [7, 11) is 0. The number of nitrogens with two attached hydrogens (primary N) is 1. The lowest BCUT2D eigenvalue weighted by atomic mass is 9.64. The lowest BCUT2D eigenvalue weighted by Gasteiger charge is -2.37. The molecule has 4 aromatic rings. The number of carbonyl (C=O) groups is 2. The van der Waals surface area contributed by atoms with E-state index in [1.807, 2.05) is 72.9 Å². The van der Waals surface area contributed by atoms with Gasteiger partial charge in [-0.05, 0) is 55.4 Å². The third-order valence-electron chi connectivity index (χ3n) is 7.92. The van der Waals surface area contributed by atoms with Gasteiger partial charge >= 0.3 is 5.97 Å². The van der Waals surface area contributed by atoms with Crippen LogP contribution in [0.5, 0.6) is 0 Å². The maximum absolute atomic E-state index is 13.4. The third-order valence-corrected chi connectivity index (χ3v) is 7.92. The number of ether oxygens (including phenoxy) is 1. The van der Waals surface area contributed by atoms with Crippen molar-refractivity contribution in [1.82, 2.24) is 4.57 Å². The Morgan fingerprint density at radius 1 is 1.03 bits per heavy atom. The Hall–Kier alpha value is -4.13. The van der Waals surface area contributed by atoms with Crippen molar-refractivity contribution in [2.75, 3.05) is 6.61 Å². The van der Waals surface area contributed by atoms with Crippen LogP contribution in [0.15, 0.2) is 89.6 Å². The van der Waals surface area contributed by atoms with Crippen molar-refractivity contribution in [3.05, 3.63) is 114 Å². The summed E-state index contributed by atoms with van der Waals surface area (Å²) < 4.78 is 15.1. The maximum Gasteiger partial charge on any atom is 0.374 e. The smallest absolute Gasteiger partial charge is 0.374 e. The van der Waals surface area contributed by atoms with Crippen LogP contribution in [0.3, 0.4) is 0 Å². The van der Waals surface area contributed by atoms with Gasteiger partial charge in [0.15, 0.2) is 0 Å². The normalized spacial score (nSPS) is 17.4. The second-order valence-electron chi connectivity index (χ2n) is 9.94. The van der Waals surface area contributed by atoms with Crippen LogP contribution >= 0.6 is 0 Å². The Kier molecular flexibility index (Phi) is 7.18. The summed E-state index contributed by atoms with van der Waals surface area (Å²) in [5.74, 6) is 1.27. The molecule has 1 aliphatic rings. The first-order valence-electron chi connectivity index (χ1n) is 13.2. The fraction of sp³-hybridized carbons (Fsp3) is 0.323. The molecule has 2 aromatic carbocycles. The first-order valence-corrected chi connectivity index (χ1v) is 13.2. The molecule has 1 aliphatic carbocycles. The number of furan rings is 1. The lowest BCUT2D eigenvalue weighted by molar-refractivity contribution is -0.695. The van der Waals surface area contributed by atoms with E-state index in [1.54, 1.807) is 13.0 Å². The summed E-state index contributed by atoms with van der Waals surface area (Å²) in [6.45, 7) is 4.66. The van der Waals surface area contributed by atoms with E-state index in [9.17, 15) is 9.59 Å². The van der Waals surface area contributed by atoms with Gasteiger partial charge in [0.25, 0.3) is 5.82 Å². The van der Waals surface area contributed by atoms with E-state index in [-0.39, 0.29) is 23.6 Å². The standard InChI is InChI=1S/C31H33N3O4/c1-3-37-29(35)28-17-16-27(38-28)21-33-18-19-34(22(33)2)26-15-14-25(20-26)31(30(32)36,23-10-6-4-7-11-23)24-12-8-5-9-13-24/h4-13,16-19,25-26H,3,14-15,20-21H2,1-2H3,(H-,32,36)/p+1/t25-,26+/m0/s1. The number of amides is 1. The highest BCUT2D eigenvalue weighted by atomic mass is 16.5. The molecule has 0 saturated heterocycles. The predicted octanol–water partition coefficient (Wildman–Crippen LogP) is 4.71. The van der Waals surface area contributed by atoms with Gasteiger partial charge in [0.05, 0.1) is 6.61 Å². The minimum atomic E-state index is -0.897. The van der Waals surface area contributed by atoms with Gasteiger partial charge < -0.3 is 14.9 Å². The van der Waals surface area contributed by atoms with Crippen LogP contribution < -0.4 is 10.3 Å². The van der Waals surface area contributed by atoms with Gasteiger partial charge in [-0.3, -0.25) is 4.79 Å². The fourth-order valence-electron chi connectivity index (χ4n) is 6.14. The number of primary amides is 1. The van der Waals surface area contributed by atoms with Crippen molar-refractivity contribution < 1.29 is 23.3 Å².